The van der Waals surface area contributed by atoms with Crippen molar-refractivity contribution in [2.45, 2.75) is 147 Å². The molecular formula is C50H65F3N6O9S. The van der Waals surface area contributed by atoms with Crippen LogP contribution in [-0.2, 0) is 29.1 Å². The van der Waals surface area contributed by atoms with Gasteiger partial charge in [-0.1, -0.05) is 32.4 Å². The molecule has 3 aromatic rings. The second kappa shape index (κ2) is 21.5. The predicted molar refractivity (Wildman–Crippen MR) is 253 cm³/mol. The summed E-state index contributed by atoms with van der Waals surface area (Å²) in [6, 6.07) is 11.8. The smallest absolute Gasteiger partial charge is 0.427 e. The average Bonchev–Trinajstić information content (AvgIpc) is 3.65. The van der Waals surface area contributed by atoms with E-state index in [2.05, 4.69) is 15.0 Å². The summed E-state index contributed by atoms with van der Waals surface area (Å²) in [6.07, 6.45) is 4.64. The van der Waals surface area contributed by atoms with Gasteiger partial charge in [-0.25, -0.2) is 18.2 Å². The third-order valence-corrected chi connectivity index (χ3v) is 15.5. The van der Waals surface area contributed by atoms with E-state index in [1.54, 1.807) is 44.4 Å². The van der Waals surface area contributed by atoms with Crippen LogP contribution >= 0.6 is 0 Å². The van der Waals surface area contributed by atoms with Crippen molar-refractivity contribution in [1.29, 1.82) is 0 Å². The lowest BCUT2D eigenvalue weighted by Gasteiger charge is -2.33. The monoisotopic (exact) mass is 982 g/mol. The number of rotatable bonds is 20. The number of primary amides is 1. The number of nitrogens with zero attached hydrogens (tertiary/aromatic N) is 3. The number of nitrogens with two attached hydrogens (primary N) is 1. The number of allylic oxidation sites excluding steroid dienone is 2. The number of amides is 4. The molecule has 0 spiro atoms. The van der Waals surface area contributed by atoms with Crippen molar-refractivity contribution in [2.24, 2.45) is 29.4 Å². The number of hydrogen-bond donors (Lipinski definition) is 3. The number of alkyl halides is 3. The van der Waals surface area contributed by atoms with Crippen LogP contribution in [0.25, 0.3) is 22.5 Å². The number of hydrogen-bond acceptors (Lipinski definition) is 11. The van der Waals surface area contributed by atoms with Crippen LogP contribution in [0.2, 0.25) is 0 Å². The van der Waals surface area contributed by atoms with E-state index in [1.165, 1.54) is 4.90 Å². The van der Waals surface area contributed by atoms with Gasteiger partial charge < -0.3 is 30.2 Å². The zero-order chi connectivity index (χ0) is 50.5. The lowest BCUT2D eigenvalue weighted by Crippen LogP contribution is -2.56. The Labute approximate surface area is 402 Å². The fourth-order valence-electron chi connectivity index (χ4n) is 8.88. The lowest BCUT2D eigenvalue weighted by molar-refractivity contribution is -0.244. The first kappa shape index (κ1) is 52.6. The molecule has 1 saturated heterocycles. The van der Waals surface area contributed by atoms with Gasteiger partial charge in [-0.3, -0.25) is 24.1 Å². The van der Waals surface area contributed by atoms with Crippen LogP contribution in [0.15, 0.2) is 73.1 Å². The van der Waals surface area contributed by atoms with Crippen molar-refractivity contribution in [3.05, 3.63) is 73.1 Å². The number of carbonyl (C=O) groups excluding carboxylic acids is 4. The molecule has 3 fully saturated rings. The van der Waals surface area contributed by atoms with Crippen LogP contribution in [0, 0.1) is 23.7 Å². The van der Waals surface area contributed by atoms with E-state index in [9.17, 15) is 40.8 Å². The zero-order valence-corrected chi connectivity index (χ0v) is 41.1. The second-order valence-electron chi connectivity index (χ2n) is 19.9. The predicted octanol–water partition coefficient (Wildman–Crippen LogP) is 8.28. The number of pyridine rings is 2. The summed E-state index contributed by atoms with van der Waals surface area (Å²) in [5, 5.41) is 2.40. The van der Waals surface area contributed by atoms with Crippen LogP contribution < -0.4 is 25.2 Å². The van der Waals surface area contributed by atoms with Crippen LogP contribution in [-0.4, -0.2) is 94.5 Å². The van der Waals surface area contributed by atoms with Gasteiger partial charge in [0.25, 0.3) is 0 Å². The number of halogens is 3. The van der Waals surface area contributed by atoms with Gasteiger partial charge in [0.1, 0.15) is 29.7 Å². The quantitative estimate of drug-likeness (QED) is 0.0918. The average molecular weight is 983 g/mol. The number of carbonyl (C=O) groups is 4. The van der Waals surface area contributed by atoms with Gasteiger partial charge >= 0.3 is 12.3 Å². The van der Waals surface area contributed by atoms with Crippen molar-refractivity contribution >= 4 is 33.8 Å². The van der Waals surface area contributed by atoms with Crippen molar-refractivity contribution in [3.63, 3.8) is 0 Å². The molecule has 0 bridgehead atoms. The summed E-state index contributed by atoms with van der Waals surface area (Å²) in [5.41, 5.74) is 5.57. The minimum Gasteiger partial charge on any atom is -0.491 e. The summed E-state index contributed by atoms with van der Waals surface area (Å²) >= 11 is 0. The maximum Gasteiger partial charge on any atom is 0.427 e. The molecule has 69 heavy (non-hydrogen) atoms. The van der Waals surface area contributed by atoms with Gasteiger partial charge in [0.15, 0.2) is 0 Å². The fraction of sp³-hybridized carbons (Fsp3) is 0.560. The molecule has 376 valence electrons. The SMILES string of the molecule is CC(C)Oc1ccc(-c2cc(O[C@@H]3C[C@@H](C(N)=O)N(C(=O)[C@@H](NC(=O)OC(C)(C)C(F)(F)F)[C@H](C)C[C@H](C)CC/C=C\[C@@H]4CCCC4C(=O)NS(=O)(=O)C4(C)CC4)C3)cc(-c3cccnc3)n2)cc1. The standard InChI is InChI=1S/C50H65F3N6O9S/c1-30(2)66-36-19-17-34(18-20-36)40-25-37(26-41(56-40)35-15-11-23-55-28-35)67-38-27-42(44(54)60)59(29-38)46(62)43(57-47(63)68-48(5,6)50(51,52)53)32(4)24-31(3)12-8-9-13-33-14-10-16-39(33)45(61)58-69(64,65)49(7)21-22-49/h9,11,13,15,17-20,23,25-26,28,30-33,38-39,42-43H,8,10,12,14,16,21-22,24,27,29H2,1-7H3,(H2,54,60)(H,57,63)(H,58,61)/b13-9-/t31-,32-,33-,38-,39?,42+,43+/m1/s1. The molecule has 4 N–H and O–H groups in total. The Morgan fingerprint density at radius 1 is 0.986 bits per heavy atom. The highest BCUT2D eigenvalue weighted by atomic mass is 32.2. The molecule has 19 heteroatoms. The molecule has 2 aromatic heterocycles. The molecule has 3 heterocycles. The summed E-state index contributed by atoms with van der Waals surface area (Å²) < 4.78 is 85.5. The second-order valence-corrected chi connectivity index (χ2v) is 22.1. The number of nitrogens with one attached hydrogen (secondary N) is 2. The molecule has 2 saturated carbocycles. The first-order valence-electron chi connectivity index (χ1n) is 23.6. The summed E-state index contributed by atoms with van der Waals surface area (Å²) in [6.45, 7) is 10.4. The number of sulfonamides is 1. The highest BCUT2D eigenvalue weighted by Gasteiger charge is 2.53. The van der Waals surface area contributed by atoms with Crippen molar-refractivity contribution < 1.29 is 55.0 Å². The van der Waals surface area contributed by atoms with Gasteiger partial charge in [-0.05, 0) is 134 Å². The number of likely N-dealkylation sites (tertiary alicyclic amines) is 1. The third-order valence-electron chi connectivity index (χ3n) is 13.3. The molecule has 4 amide bonds. The number of benzene rings is 1. The van der Waals surface area contributed by atoms with E-state index in [0.29, 0.717) is 80.8 Å². The fourth-order valence-corrected chi connectivity index (χ4v) is 10.2. The number of ether oxygens (including phenoxy) is 3. The third kappa shape index (κ3) is 13.3. The highest BCUT2D eigenvalue weighted by molar-refractivity contribution is 7.91. The Morgan fingerprint density at radius 2 is 1.67 bits per heavy atom. The minimum absolute atomic E-state index is 0.0176. The molecule has 6 rings (SSSR count). The van der Waals surface area contributed by atoms with Crippen molar-refractivity contribution in [3.8, 4) is 34.0 Å². The molecule has 0 radical (unpaired) electrons. The van der Waals surface area contributed by atoms with E-state index in [-0.39, 0.29) is 30.9 Å². The first-order chi connectivity index (χ1) is 32.4. The zero-order valence-electron chi connectivity index (χ0n) is 40.3. The van der Waals surface area contributed by atoms with Crippen LogP contribution in [0.3, 0.4) is 0 Å². The molecule has 2 aliphatic carbocycles. The van der Waals surface area contributed by atoms with E-state index in [0.717, 1.165) is 18.4 Å². The maximum atomic E-state index is 14.7. The van der Waals surface area contributed by atoms with Gasteiger partial charge in [0, 0.05) is 48.0 Å². The van der Waals surface area contributed by atoms with E-state index < -0.39 is 80.4 Å². The topological polar surface area (TPSA) is 209 Å². The van der Waals surface area contributed by atoms with Crippen LogP contribution in [0.5, 0.6) is 11.5 Å². The molecule has 1 aromatic carbocycles. The lowest BCUT2D eigenvalue weighted by atomic mass is 9.87. The van der Waals surface area contributed by atoms with Gasteiger partial charge in [-0.15, -0.1) is 0 Å². The first-order valence-corrected chi connectivity index (χ1v) is 25.1. The van der Waals surface area contributed by atoms with E-state index in [1.807, 2.05) is 63.3 Å². The van der Waals surface area contributed by atoms with Crippen LogP contribution in [0.1, 0.15) is 106 Å². The summed E-state index contributed by atoms with van der Waals surface area (Å²) in [5.74, 6) is -2.35. The molecular weight excluding hydrogens is 918 g/mol. The van der Waals surface area contributed by atoms with Crippen molar-refractivity contribution in [2.75, 3.05) is 6.54 Å². The van der Waals surface area contributed by atoms with Gasteiger partial charge in [-0.2, -0.15) is 13.2 Å². The summed E-state index contributed by atoms with van der Waals surface area (Å²) in [7, 11) is -3.76. The largest absolute Gasteiger partial charge is 0.491 e. The minimum atomic E-state index is -4.92. The number of aromatic nitrogens is 2. The highest BCUT2D eigenvalue weighted by Crippen LogP contribution is 2.43. The Morgan fingerprint density at radius 3 is 2.28 bits per heavy atom. The summed E-state index contributed by atoms with van der Waals surface area (Å²) in [4.78, 5) is 64.3. The molecule has 1 unspecified atom stereocenters. The number of alkyl carbamates (subject to hydrolysis) is 1. The Hall–Kier alpha value is -5.72. The molecule has 15 nitrogen and oxygen atoms in total. The molecule has 1 aliphatic heterocycles. The molecule has 7 atom stereocenters. The van der Waals surface area contributed by atoms with E-state index in [4.69, 9.17) is 24.9 Å². The normalized spacial score (nSPS) is 21.6. The van der Waals surface area contributed by atoms with Crippen LogP contribution in [0.4, 0.5) is 18.0 Å². The van der Waals surface area contributed by atoms with Gasteiger partial charge in [0.2, 0.25) is 33.3 Å². The maximum absolute atomic E-state index is 14.7. The van der Waals surface area contributed by atoms with E-state index >= 15 is 0 Å². The molecule has 3 aliphatic rings. The Balaban J connectivity index is 1.17. The Bertz CT molecular complexity index is 2450. The Kier molecular flexibility index (Phi) is 16.4. The van der Waals surface area contributed by atoms with Gasteiger partial charge in [0.05, 0.1) is 28.8 Å². The van der Waals surface area contributed by atoms with Crippen molar-refractivity contribution in [1.82, 2.24) is 24.9 Å².